The van der Waals surface area contributed by atoms with E-state index in [1.165, 1.54) is 308 Å². The molecule has 0 amide bonds. The Morgan fingerprint density at radius 2 is 0.450 bits per heavy atom. The van der Waals surface area contributed by atoms with E-state index >= 15 is 0 Å². The summed E-state index contributed by atoms with van der Waals surface area (Å²) in [6.45, 7) is 6.66. The van der Waals surface area contributed by atoms with Gasteiger partial charge in [-0.1, -0.05) is 366 Å². The summed E-state index contributed by atoms with van der Waals surface area (Å²) in [5.74, 6) is -0.852. The summed E-state index contributed by atoms with van der Waals surface area (Å²) in [5.41, 5.74) is 0. The zero-order chi connectivity index (χ0) is 57.8. The maximum absolute atomic E-state index is 12.9. The van der Waals surface area contributed by atoms with Crippen molar-refractivity contribution in [1.29, 1.82) is 0 Å². The first-order valence-electron chi connectivity index (χ1n) is 36.3. The lowest BCUT2D eigenvalue weighted by atomic mass is 10.0. The monoisotopic (exact) mass is 1130 g/mol. The number of unbranched alkanes of at least 4 members (excludes halogenated alkanes) is 53. The Labute approximate surface area is 500 Å². The Bertz CT molecular complexity index is 1290. The Balaban J connectivity index is 3.94. The van der Waals surface area contributed by atoms with E-state index in [4.69, 9.17) is 14.2 Å². The number of allylic oxidation sites excluding steroid dienone is 4. The molecule has 0 aromatic carbocycles. The van der Waals surface area contributed by atoms with E-state index in [-0.39, 0.29) is 31.1 Å². The normalized spacial score (nSPS) is 12.1. The molecule has 1 unspecified atom stereocenters. The van der Waals surface area contributed by atoms with Gasteiger partial charge < -0.3 is 14.2 Å². The quantitative estimate of drug-likeness (QED) is 0.0261. The van der Waals surface area contributed by atoms with Crippen molar-refractivity contribution in [3.05, 3.63) is 24.3 Å². The zero-order valence-electron chi connectivity index (χ0n) is 54.4. The number of rotatable bonds is 68. The molecule has 0 radical (unpaired) electrons. The molecular formula is C74H140O6. The predicted octanol–water partition coefficient (Wildman–Crippen LogP) is 25.0. The van der Waals surface area contributed by atoms with Crippen LogP contribution in [0.15, 0.2) is 24.3 Å². The van der Waals surface area contributed by atoms with Gasteiger partial charge in [0.25, 0.3) is 0 Å². The lowest BCUT2D eigenvalue weighted by Gasteiger charge is -2.18. The lowest BCUT2D eigenvalue weighted by Crippen LogP contribution is -2.30. The summed E-state index contributed by atoms with van der Waals surface area (Å²) >= 11 is 0. The molecule has 0 N–H and O–H groups in total. The highest BCUT2D eigenvalue weighted by atomic mass is 16.6. The van der Waals surface area contributed by atoms with Gasteiger partial charge in [0.05, 0.1) is 0 Å². The fraction of sp³-hybridized carbons (Fsp3) is 0.905. The maximum Gasteiger partial charge on any atom is 0.306 e. The van der Waals surface area contributed by atoms with Crippen LogP contribution in [0.3, 0.4) is 0 Å². The third-order valence-electron chi connectivity index (χ3n) is 16.7. The molecule has 0 aliphatic carbocycles. The molecule has 0 fully saturated rings. The molecule has 6 nitrogen and oxygen atoms in total. The molecule has 1 atom stereocenters. The SMILES string of the molecule is CCCCCCC/C=C\C/C=C\CCCCCCCCCCCC(=O)OC(COC(=O)CCCCCCCCC)COC(=O)CCCCCCCCCCCCCCCCCCCCCCCCCCCCCCCCCCCC. The van der Waals surface area contributed by atoms with Crippen LogP contribution in [0.4, 0.5) is 0 Å². The summed E-state index contributed by atoms with van der Waals surface area (Å²) in [6, 6.07) is 0. The zero-order valence-corrected chi connectivity index (χ0v) is 54.4. The van der Waals surface area contributed by atoms with Crippen molar-refractivity contribution in [3.8, 4) is 0 Å². The Morgan fingerprint density at radius 3 is 0.688 bits per heavy atom. The van der Waals surface area contributed by atoms with Gasteiger partial charge in [0, 0.05) is 19.3 Å². The molecule has 6 heteroatoms. The highest BCUT2D eigenvalue weighted by Crippen LogP contribution is 2.19. The van der Waals surface area contributed by atoms with E-state index in [2.05, 4.69) is 45.1 Å². The van der Waals surface area contributed by atoms with Gasteiger partial charge in [-0.2, -0.15) is 0 Å². The van der Waals surface area contributed by atoms with E-state index in [1.807, 2.05) is 0 Å². The summed E-state index contributed by atoms with van der Waals surface area (Å²) in [6.07, 6.45) is 85.5. The molecule has 0 spiro atoms. The van der Waals surface area contributed by atoms with Gasteiger partial charge in [0.1, 0.15) is 13.2 Å². The number of esters is 3. The summed E-state index contributed by atoms with van der Waals surface area (Å²) in [5, 5.41) is 0. The van der Waals surface area contributed by atoms with Crippen molar-refractivity contribution in [1.82, 2.24) is 0 Å². The van der Waals surface area contributed by atoms with Gasteiger partial charge in [-0.3, -0.25) is 14.4 Å². The number of ether oxygens (including phenoxy) is 3. The number of carbonyl (C=O) groups is 3. The third-order valence-corrected chi connectivity index (χ3v) is 16.7. The van der Waals surface area contributed by atoms with Gasteiger partial charge in [-0.25, -0.2) is 0 Å². The first kappa shape index (κ1) is 77.9. The predicted molar refractivity (Wildman–Crippen MR) is 349 cm³/mol. The van der Waals surface area contributed by atoms with Gasteiger partial charge in [0.2, 0.25) is 0 Å². The second-order valence-corrected chi connectivity index (χ2v) is 24.9. The Hall–Kier alpha value is -2.11. The van der Waals surface area contributed by atoms with Crippen molar-refractivity contribution in [3.63, 3.8) is 0 Å². The van der Waals surface area contributed by atoms with E-state index in [1.54, 1.807) is 0 Å². The first-order valence-corrected chi connectivity index (χ1v) is 36.3. The van der Waals surface area contributed by atoms with E-state index in [9.17, 15) is 14.4 Å². The van der Waals surface area contributed by atoms with Crippen LogP contribution in [-0.4, -0.2) is 37.2 Å². The molecule has 0 heterocycles. The minimum atomic E-state index is -0.769. The number of hydrogen-bond donors (Lipinski definition) is 0. The van der Waals surface area contributed by atoms with E-state index in [0.717, 1.165) is 64.2 Å². The minimum Gasteiger partial charge on any atom is -0.462 e. The smallest absolute Gasteiger partial charge is 0.306 e. The topological polar surface area (TPSA) is 78.9 Å². The van der Waals surface area contributed by atoms with Gasteiger partial charge in [-0.15, -0.1) is 0 Å². The van der Waals surface area contributed by atoms with Crippen LogP contribution in [0.25, 0.3) is 0 Å². The summed E-state index contributed by atoms with van der Waals surface area (Å²) < 4.78 is 16.9. The van der Waals surface area contributed by atoms with E-state index < -0.39 is 6.10 Å². The van der Waals surface area contributed by atoms with Crippen LogP contribution in [0.5, 0.6) is 0 Å². The van der Waals surface area contributed by atoms with E-state index in [0.29, 0.717) is 19.3 Å². The Kier molecular flexibility index (Phi) is 67.6. The summed E-state index contributed by atoms with van der Waals surface area (Å²) in [7, 11) is 0. The fourth-order valence-corrected chi connectivity index (χ4v) is 11.2. The maximum atomic E-state index is 12.9. The molecule has 0 aliphatic rings. The van der Waals surface area contributed by atoms with Crippen LogP contribution in [0.1, 0.15) is 412 Å². The molecule has 0 bridgehead atoms. The molecule has 0 aromatic rings. The molecule has 0 aromatic heterocycles. The molecule has 472 valence electrons. The van der Waals surface area contributed by atoms with Crippen molar-refractivity contribution < 1.29 is 28.6 Å². The first-order chi connectivity index (χ1) is 39.5. The van der Waals surface area contributed by atoms with Crippen molar-refractivity contribution in [2.24, 2.45) is 0 Å². The van der Waals surface area contributed by atoms with Crippen molar-refractivity contribution in [2.45, 2.75) is 419 Å². The lowest BCUT2D eigenvalue weighted by molar-refractivity contribution is -0.167. The van der Waals surface area contributed by atoms with Crippen LogP contribution in [0.2, 0.25) is 0 Å². The second kappa shape index (κ2) is 69.4. The molecule has 0 saturated carbocycles. The van der Waals surface area contributed by atoms with Gasteiger partial charge >= 0.3 is 17.9 Å². The van der Waals surface area contributed by atoms with Gasteiger partial charge in [-0.05, 0) is 51.4 Å². The minimum absolute atomic E-state index is 0.0676. The molecule has 0 aliphatic heterocycles. The Morgan fingerprint density at radius 1 is 0.250 bits per heavy atom. The van der Waals surface area contributed by atoms with Crippen LogP contribution < -0.4 is 0 Å². The van der Waals surface area contributed by atoms with Crippen molar-refractivity contribution in [2.75, 3.05) is 13.2 Å². The third kappa shape index (κ3) is 66.7. The van der Waals surface area contributed by atoms with Crippen LogP contribution in [-0.2, 0) is 28.6 Å². The fourth-order valence-electron chi connectivity index (χ4n) is 11.2. The number of hydrogen-bond acceptors (Lipinski definition) is 6. The molecule has 0 rings (SSSR count). The standard InChI is InChI=1S/C74H140O6/c1-4-7-10-13-16-18-20-22-24-26-28-30-31-32-33-34-35-36-37-38-39-40-41-42-44-45-47-49-51-53-55-58-61-64-67-73(76)79-70-71(69-78-72(75)66-63-60-57-15-12-9-6-3)80-74(77)68-65-62-59-56-54-52-50-48-46-43-29-27-25-23-21-19-17-14-11-8-5-2/h21,23,27,29,71H,4-20,22,24-26,28,30-70H2,1-3H3/b23-21-,29-27-. The molecule has 0 saturated heterocycles. The van der Waals surface area contributed by atoms with Gasteiger partial charge in [0.15, 0.2) is 6.10 Å². The van der Waals surface area contributed by atoms with Crippen LogP contribution in [0, 0.1) is 0 Å². The highest BCUT2D eigenvalue weighted by molar-refractivity contribution is 5.71. The summed E-state index contributed by atoms with van der Waals surface area (Å²) in [4.78, 5) is 38.2. The molecular weight excluding hydrogens is 985 g/mol. The average molecular weight is 1130 g/mol. The van der Waals surface area contributed by atoms with Crippen LogP contribution >= 0.6 is 0 Å². The molecule has 80 heavy (non-hydrogen) atoms. The number of carbonyl (C=O) groups excluding carboxylic acids is 3. The second-order valence-electron chi connectivity index (χ2n) is 24.9. The largest absolute Gasteiger partial charge is 0.462 e. The average Bonchev–Trinajstić information content (AvgIpc) is 3.46. The highest BCUT2D eigenvalue weighted by Gasteiger charge is 2.19. The van der Waals surface area contributed by atoms with Crippen molar-refractivity contribution >= 4 is 17.9 Å².